The number of aliphatic carboxylic acids is 2. The van der Waals surface area contributed by atoms with E-state index in [2.05, 4.69) is 69.8 Å². The van der Waals surface area contributed by atoms with Gasteiger partial charge in [-0.05, 0) is 76.5 Å². The largest absolute Gasteiger partial charge is 0.492 e. The van der Waals surface area contributed by atoms with Crippen molar-refractivity contribution >= 4 is 29.2 Å². The highest BCUT2D eigenvalue weighted by Crippen LogP contribution is 2.29. The van der Waals surface area contributed by atoms with Crippen LogP contribution in [0, 0.1) is 5.92 Å². The smallest absolute Gasteiger partial charge is 0.414 e. The minimum Gasteiger partial charge on any atom is -0.492 e. The van der Waals surface area contributed by atoms with Gasteiger partial charge in [0.2, 0.25) is 5.91 Å². The summed E-state index contributed by atoms with van der Waals surface area (Å²) in [6.07, 6.45) is 1.92. The molecule has 0 unspecified atom stereocenters. The molecule has 224 valence electrons. The minimum absolute atomic E-state index is 0.165. The minimum atomic E-state index is -1.82. The molecular weight excluding hydrogens is 524 g/mol. The first-order valence-electron chi connectivity index (χ1n) is 14.5. The monoisotopic (exact) mass is 568 g/mol. The van der Waals surface area contributed by atoms with Gasteiger partial charge in [-0.2, -0.15) is 0 Å². The lowest BCUT2D eigenvalue weighted by Crippen LogP contribution is -2.51. The van der Waals surface area contributed by atoms with Gasteiger partial charge in [0.25, 0.3) is 0 Å². The zero-order valence-electron chi connectivity index (χ0n) is 24.5. The van der Waals surface area contributed by atoms with Gasteiger partial charge < -0.3 is 29.6 Å². The molecule has 0 saturated carbocycles. The van der Waals surface area contributed by atoms with Gasteiger partial charge in [0, 0.05) is 57.4 Å². The Balaban J connectivity index is 0.000000696. The van der Waals surface area contributed by atoms with Crippen LogP contribution in [0.1, 0.15) is 39.2 Å². The normalized spacial score (nSPS) is 16.0. The molecule has 2 saturated heterocycles. The molecule has 0 aliphatic carbocycles. The molecule has 2 heterocycles. The summed E-state index contributed by atoms with van der Waals surface area (Å²) < 4.78 is 5.81. The third kappa shape index (κ3) is 9.11. The maximum Gasteiger partial charge on any atom is 0.414 e. The van der Waals surface area contributed by atoms with Crippen LogP contribution < -0.4 is 14.5 Å². The number of likely N-dealkylation sites (tertiary alicyclic amines) is 1. The first kappa shape index (κ1) is 31.7. The molecule has 2 aliphatic rings. The summed E-state index contributed by atoms with van der Waals surface area (Å²) in [5, 5.41) is 14.8. The fourth-order valence-electron chi connectivity index (χ4n) is 5.42. The molecule has 10 heteroatoms. The summed E-state index contributed by atoms with van der Waals surface area (Å²) in [5.41, 5.74) is 3.79. The molecule has 2 aromatic carbocycles. The van der Waals surface area contributed by atoms with Crippen LogP contribution in [0.2, 0.25) is 0 Å². The number of amides is 1. The molecule has 41 heavy (non-hydrogen) atoms. The van der Waals surface area contributed by atoms with Crippen LogP contribution in [-0.4, -0.2) is 96.8 Å². The Morgan fingerprint density at radius 2 is 1.41 bits per heavy atom. The summed E-state index contributed by atoms with van der Waals surface area (Å²) >= 11 is 0. The van der Waals surface area contributed by atoms with Crippen LogP contribution in [-0.2, 0) is 20.9 Å². The van der Waals surface area contributed by atoms with E-state index in [4.69, 9.17) is 24.5 Å². The Bertz CT molecular complexity index is 1110. The zero-order chi connectivity index (χ0) is 29.8. The van der Waals surface area contributed by atoms with Crippen molar-refractivity contribution in [1.29, 1.82) is 0 Å². The number of anilines is 2. The second kappa shape index (κ2) is 15.9. The molecule has 0 aromatic heterocycles. The van der Waals surface area contributed by atoms with E-state index in [-0.39, 0.29) is 5.92 Å². The predicted molar refractivity (Wildman–Crippen MR) is 160 cm³/mol. The third-order valence-corrected chi connectivity index (χ3v) is 7.69. The average molecular weight is 569 g/mol. The van der Waals surface area contributed by atoms with Gasteiger partial charge in [-0.1, -0.05) is 24.3 Å². The Kier molecular flexibility index (Phi) is 12.3. The van der Waals surface area contributed by atoms with E-state index in [0.29, 0.717) is 12.5 Å². The van der Waals surface area contributed by atoms with Crippen LogP contribution in [0.4, 0.5) is 11.4 Å². The van der Waals surface area contributed by atoms with Gasteiger partial charge in [-0.25, -0.2) is 9.59 Å². The van der Waals surface area contributed by atoms with Crippen molar-refractivity contribution in [3.63, 3.8) is 0 Å². The van der Waals surface area contributed by atoms with Gasteiger partial charge in [0.1, 0.15) is 5.75 Å². The molecule has 4 rings (SSSR count). The van der Waals surface area contributed by atoms with Crippen LogP contribution >= 0.6 is 0 Å². The molecule has 2 fully saturated rings. The van der Waals surface area contributed by atoms with Crippen molar-refractivity contribution < 1.29 is 29.3 Å². The maximum atomic E-state index is 13.2. The lowest BCUT2D eigenvalue weighted by molar-refractivity contribution is -0.159. The van der Waals surface area contributed by atoms with Gasteiger partial charge in [0.15, 0.2) is 0 Å². The summed E-state index contributed by atoms with van der Waals surface area (Å²) in [6.45, 7) is 15.4. The van der Waals surface area contributed by atoms with Crippen LogP contribution in [0.25, 0.3) is 0 Å². The summed E-state index contributed by atoms with van der Waals surface area (Å²) in [7, 11) is 0. The van der Waals surface area contributed by atoms with Gasteiger partial charge >= 0.3 is 11.9 Å². The van der Waals surface area contributed by atoms with E-state index in [0.717, 1.165) is 83.2 Å². The third-order valence-electron chi connectivity index (χ3n) is 7.69. The summed E-state index contributed by atoms with van der Waals surface area (Å²) in [4.78, 5) is 40.8. The topological polar surface area (TPSA) is 114 Å². The van der Waals surface area contributed by atoms with E-state index in [9.17, 15) is 4.79 Å². The molecule has 10 nitrogen and oxygen atoms in total. The first-order valence-corrected chi connectivity index (χ1v) is 14.5. The highest BCUT2D eigenvalue weighted by Gasteiger charge is 2.31. The van der Waals surface area contributed by atoms with Crippen molar-refractivity contribution in [2.24, 2.45) is 5.92 Å². The van der Waals surface area contributed by atoms with Gasteiger partial charge in [-0.15, -0.1) is 0 Å². The quantitative estimate of drug-likeness (QED) is 0.438. The summed E-state index contributed by atoms with van der Waals surface area (Å²) in [5.74, 6) is -2.20. The molecule has 2 aliphatic heterocycles. The molecule has 0 bridgehead atoms. The number of benzene rings is 2. The number of para-hydroxylation sites is 2. The number of piperazine rings is 1. The SMILES string of the molecule is CCOc1ccccc1N1CCN(C(=O)C2CCN(Cc3ccc(N(CC)CC)cc3)CC2)CC1.O=C(O)C(=O)O. The average Bonchev–Trinajstić information content (AvgIpc) is 2.99. The number of carboxylic acid groups (broad SMARTS) is 2. The number of nitrogens with zero attached hydrogens (tertiary/aromatic N) is 4. The highest BCUT2D eigenvalue weighted by molar-refractivity contribution is 6.27. The fourth-order valence-corrected chi connectivity index (χ4v) is 5.42. The van der Waals surface area contributed by atoms with Crippen LogP contribution in [0.5, 0.6) is 5.75 Å². The second-order valence-corrected chi connectivity index (χ2v) is 10.2. The second-order valence-electron chi connectivity index (χ2n) is 10.2. The number of ether oxygens (including phenoxy) is 1. The van der Waals surface area contributed by atoms with Crippen molar-refractivity contribution in [3.8, 4) is 5.75 Å². The molecule has 0 spiro atoms. The molecular formula is C31H44N4O6. The summed E-state index contributed by atoms with van der Waals surface area (Å²) in [6, 6.07) is 17.2. The van der Waals surface area contributed by atoms with E-state index in [1.165, 1.54) is 11.3 Å². The molecule has 2 N–H and O–H groups in total. The van der Waals surface area contributed by atoms with Gasteiger partial charge in [0.05, 0.1) is 12.3 Å². The van der Waals surface area contributed by atoms with Crippen molar-refractivity contribution in [1.82, 2.24) is 9.80 Å². The number of piperidine rings is 1. The predicted octanol–water partition coefficient (Wildman–Crippen LogP) is 3.65. The van der Waals surface area contributed by atoms with Crippen molar-refractivity contribution in [3.05, 3.63) is 54.1 Å². The van der Waals surface area contributed by atoms with E-state index < -0.39 is 11.9 Å². The number of rotatable bonds is 9. The number of carbonyl (C=O) groups is 3. The van der Waals surface area contributed by atoms with E-state index in [1.54, 1.807) is 0 Å². The van der Waals surface area contributed by atoms with Crippen LogP contribution in [0.3, 0.4) is 0 Å². The lowest BCUT2D eigenvalue weighted by Gasteiger charge is -2.39. The Morgan fingerprint density at radius 3 is 1.95 bits per heavy atom. The number of hydrogen-bond acceptors (Lipinski definition) is 7. The fraction of sp³-hybridized carbons (Fsp3) is 0.516. The van der Waals surface area contributed by atoms with E-state index in [1.807, 2.05) is 19.1 Å². The Hall–Kier alpha value is -3.79. The van der Waals surface area contributed by atoms with Crippen LogP contribution in [0.15, 0.2) is 48.5 Å². The van der Waals surface area contributed by atoms with Crippen molar-refractivity contribution in [2.75, 3.05) is 68.8 Å². The number of hydrogen-bond donors (Lipinski definition) is 2. The molecule has 1 amide bonds. The Morgan fingerprint density at radius 1 is 0.829 bits per heavy atom. The van der Waals surface area contributed by atoms with Crippen molar-refractivity contribution in [2.45, 2.75) is 40.2 Å². The lowest BCUT2D eigenvalue weighted by atomic mass is 9.94. The molecule has 0 atom stereocenters. The van der Waals surface area contributed by atoms with Gasteiger partial charge in [-0.3, -0.25) is 9.69 Å². The highest BCUT2D eigenvalue weighted by atomic mass is 16.5. The maximum absolute atomic E-state index is 13.2. The van der Waals surface area contributed by atoms with E-state index >= 15 is 0 Å². The molecule has 2 aromatic rings. The molecule has 0 radical (unpaired) electrons. The first-order chi connectivity index (χ1) is 19.8. The number of carboxylic acids is 2. The number of carbonyl (C=O) groups excluding carboxylic acids is 1. The zero-order valence-corrected chi connectivity index (χ0v) is 24.5. The standard InChI is InChI=1S/C29H42N4O2.C2H2O4/c1-4-31(5-2)26-13-11-24(12-14-26)23-30-17-15-25(16-18-30)29(34)33-21-19-32(20-22-33)27-9-7-8-10-28(27)35-6-3;3-1(4)2(5)6/h7-14,25H,4-6,15-23H2,1-3H3;(H,3,4)(H,5,6). The Labute approximate surface area is 243 Å².